The van der Waals surface area contributed by atoms with E-state index in [-0.39, 0.29) is 36.4 Å². The highest BCUT2D eigenvalue weighted by molar-refractivity contribution is 6.31. The lowest BCUT2D eigenvalue weighted by Crippen LogP contribution is -2.49. The van der Waals surface area contributed by atoms with E-state index in [2.05, 4.69) is 10.3 Å². The largest absolute Gasteiger partial charge is 0.396 e. The number of aliphatic hydroxyl groups excluding tert-OH is 1. The Kier molecular flexibility index (Phi) is 6.17. The molecule has 2 aliphatic rings. The van der Waals surface area contributed by atoms with Gasteiger partial charge in [0, 0.05) is 72.7 Å². The van der Waals surface area contributed by atoms with Gasteiger partial charge >= 0.3 is 0 Å². The second-order valence-electron chi connectivity index (χ2n) is 8.96. The number of nitrogens with one attached hydrogen (secondary N) is 1. The van der Waals surface area contributed by atoms with Crippen molar-refractivity contribution in [2.45, 2.75) is 32.1 Å². The van der Waals surface area contributed by atoms with Gasteiger partial charge in [0.2, 0.25) is 11.8 Å². The maximum Gasteiger partial charge on any atom is 0.258 e. The highest BCUT2D eigenvalue weighted by Crippen LogP contribution is 2.49. The quantitative estimate of drug-likeness (QED) is 0.569. The summed E-state index contributed by atoms with van der Waals surface area (Å²) in [6, 6.07) is 13.1. The number of likely N-dealkylation sites (tertiary alicyclic amines) is 1. The summed E-state index contributed by atoms with van der Waals surface area (Å²) in [4.78, 5) is 45.1. The molecule has 0 aliphatic carbocycles. The van der Waals surface area contributed by atoms with Gasteiger partial charge in [-0.1, -0.05) is 35.9 Å². The molecule has 0 spiro atoms. The summed E-state index contributed by atoms with van der Waals surface area (Å²) in [5, 5.41) is 13.7. The highest BCUT2D eigenvalue weighted by Gasteiger charge is 2.56. The van der Waals surface area contributed by atoms with Crippen molar-refractivity contribution < 1.29 is 14.7 Å². The number of rotatable bonds is 5. The van der Waals surface area contributed by atoms with Crippen LogP contribution in [0.2, 0.25) is 5.02 Å². The van der Waals surface area contributed by atoms with Crippen molar-refractivity contribution in [2.75, 3.05) is 6.61 Å². The van der Waals surface area contributed by atoms with Crippen molar-refractivity contribution in [1.82, 2.24) is 19.8 Å². The minimum absolute atomic E-state index is 0.176. The maximum absolute atomic E-state index is 13.3. The minimum atomic E-state index is -0.850. The van der Waals surface area contributed by atoms with Gasteiger partial charge in [0.25, 0.3) is 5.56 Å². The second-order valence-corrected chi connectivity index (χ2v) is 9.37. The molecule has 180 valence electrons. The molecule has 2 aromatic heterocycles. The van der Waals surface area contributed by atoms with Gasteiger partial charge in [-0.2, -0.15) is 0 Å². The Morgan fingerprint density at radius 3 is 2.66 bits per heavy atom. The number of nitrogens with zero attached hydrogens (tertiary/aromatic N) is 3. The number of amides is 2. The molecule has 2 N–H and O–H groups in total. The van der Waals surface area contributed by atoms with Gasteiger partial charge in [0.15, 0.2) is 0 Å². The van der Waals surface area contributed by atoms with Crippen LogP contribution in [0.1, 0.15) is 24.2 Å². The Morgan fingerprint density at radius 1 is 1.17 bits per heavy atom. The van der Waals surface area contributed by atoms with Crippen LogP contribution in [0.4, 0.5) is 0 Å². The molecule has 0 unspecified atom stereocenters. The molecule has 2 amide bonds. The Hall–Kier alpha value is -3.49. The molecule has 2 aliphatic heterocycles. The van der Waals surface area contributed by atoms with Gasteiger partial charge in [0.05, 0.1) is 6.04 Å². The van der Waals surface area contributed by atoms with Crippen LogP contribution in [0, 0.1) is 11.8 Å². The van der Waals surface area contributed by atoms with E-state index in [1.165, 1.54) is 11.8 Å². The van der Waals surface area contributed by atoms with Crippen molar-refractivity contribution >= 4 is 23.4 Å². The van der Waals surface area contributed by atoms with E-state index in [1.54, 1.807) is 35.2 Å². The predicted molar refractivity (Wildman–Crippen MR) is 130 cm³/mol. The van der Waals surface area contributed by atoms with Crippen molar-refractivity contribution in [3.63, 3.8) is 0 Å². The third-order valence-electron chi connectivity index (χ3n) is 7.09. The molecule has 1 saturated heterocycles. The Balaban J connectivity index is 1.48. The van der Waals surface area contributed by atoms with Crippen LogP contribution < -0.4 is 10.9 Å². The second kappa shape index (κ2) is 9.28. The fourth-order valence-electron chi connectivity index (χ4n) is 5.52. The number of carbonyl (C=O) groups is 2. The lowest BCUT2D eigenvalue weighted by Gasteiger charge is -2.30. The summed E-state index contributed by atoms with van der Waals surface area (Å²) < 4.78 is 1.66. The summed E-state index contributed by atoms with van der Waals surface area (Å²) in [6.45, 7) is 1.65. The number of benzene rings is 1. The van der Waals surface area contributed by atoms with Gasteiger partial charge in [-0.15, -0.1) is 0 Å². The van der Waals surface area contributed by atoms with Gasteiger partial charge in [-0.05, 0) is 29.8 Å². The molecule has 5 rings (SSSR count). The molecular formula is C26H25ClN4O4. The first-order valence-corrected chi connectivity index (χ1v) is 11.8. The number of pyridine rings is 2. The molecule has 35 heavy (non-hydrogen) atoms. The zero-order valence-corrected chi connectivity index (χ0v) is 19.9. The average Bonchev–Trinajstić information content (AvgIpc) is 3.39. The Labute approximate surface area is 207 Å². The summed E-state index contributed by atoms with van der Waals surface area (Å²) in [5.41, 5.74) is 2.48. The third kappa shape index (κ3) is 3.92. The van der Waals surface area contributed by atoms with E-state index < -0.39 is 18.0 Å². The van der Waals surface area contributed by atoms with Gasteiger partial charge in [-0.3, -0.25) is 19.4 Å². The van der Waals surface area contributed by atoms with Crippen LogP contribution in [0.3, 0.4) is 0 Å². The number of fused-ring (bicyclic) bond motifs is 3. The zero-order chi connectivity index (χ0) is 24.7. The summed E-state index contributed by atoms with van der Waals surface area (Å²) >= 11 is 6.22. The van der Waals surface area contributed by atoms with Crippen LogP contribution in [-0.4, -0.2) is 44.0 Å². The minimum Gasteiger partial charge on any atom is -0.396 e. The predicted octanol–water partition coefficient (Wildman–Crippen LogP) is 2.39. The maximum atomic E-state index is 13.3. The van der Waals surface area contributed by atoms with E-state index in [4.69, 9.17) is 11.6 Å². The SMILES string of the molecule is CC(=O)N1[C@H](C(=O)NCc2ccccc2Cl)[C@@H](CO)[C@@H]2Cn3c(ccc(-c4cccnc4)c3=O)[C@@H]21. The fourth-order valence-corrected chi connectivity index (χ4v) is 5.72. The number of aromatic nitrogens is 2. The molecule has 0 radical (unpaired) electrons. The molecule has 1 fully saturated rings. The lowest BCUT2D eigenvalue weighted by atomic mass is 9.88. The van der Waals surface area contributed by atoms with Crippen molar-refractivity contribution in [3.8, 4) is 11.1 Å². The van der Waals surface area contributed by atoms with Crippen LogP contribution in [0.5, 0.6) is 0 Å². The monoisotopic (exact) mass is 492 g/mol. The van der Waals surface area contributed by atoms with E-state index in [9.17, 15) is 19.5 Å². The Bertz CT molecular complexity index is 1340. The van der Waals surface area contributed by atoms with E-state index in [0.29, 0.717) is 28.4 Å². The van der Waals surface area contributed by atoms with Crippen LogP contribution in [0.25, 0.3) is 11.1 Å². The molecule has 0 saturated carbocycles. The van der Waals surface area contributed by atoms with Crippen LogP contribution >= 0.6 is 11.6 Å². The standard InChI is InChI=1S/C26H25ClN4O4/c1-15(33)31-23-19(13-30-22(23)9-8-18(26(30)35)16-6-4-10-28-11-16)20(14-32)24(31)25(34)29-12-17-5-2-3-7-21(17)27/h2-11,19-20,23-24,32H,12-14H2,1H3,(H,29,34)/t19-,20-,23+,24-/m0/s1. The molecule has 1 aromatic carbocycles. The molecule has 9 heteroatoms. The molecule has 8 nitrogen and oxygen atoms in total. The first-order valence-electron chi connectivity index (χ1n) is 11.5. The summed E-state index contributed by atoms with van der Waals surface area (Å²) in [5.74, 6) is -1.42. The normalized spacial score (nSPS) is 22.5. The summed E-state index contributed by atoms with van der Waals surface area (Å²) in [6.07, 6.45) is 3.28. The summed E-state index contributed by atoms with van der Waals surface area (Å²) in [7, 11) is 0. The highest BCUT2D eigenvalue weighted by atomic mass is 35.5. The number of hydrogen-bond donors (Lipinski definition) is 2. The smallest absolute Gasteiger partial charge is 0.258 e. The van der Waals surface area contributed by atoms with Crippen molar-refractivity contribution in [3.05, 3.63) is 87.6 Å². The molecular weight excluding hydrogens is 468 g/mol. The number of carbonyl (C=O) groups excluding carboxylic acids is 2. The topological polar surface area (TPSA) is 105 Å². The van der Waals surface area contributed by atoms with Gasteiger partial charge in [0.1, 0.15) is 6.04 Å². The van der Waals surface area contributed by atoms with Crippen molar-refractivity contribution in [2.24, 2.45) is 11.8 Å². The zero-order valence-electron chi connectivity index (χ0n) is 19.1. The lowest BCUT2D eigenvalue weighted by molar-refractivity contribution is -0.140. The molecule has 4 atom stereocenters. The third-order valence-corrected chi connectivity index (χ3v) is 7.46. The van der Waals surface area contributed by atoms with Gasteiger partial charge < -0.3 is 19.9 Å². The van der Waals surface area contributed by atoms with E-state index >= 15 is 0 Å². The van der Waals surface area contributed by atoms with E-state index in [0.717, 1.165) is 5.56 Å². The molecule has 3 aromatic rings. The molecule has 0 bridgehead atoms. The number of halogens is 1. The average molecular weight is 493 g/mol. The van der Waals surface area contributed by atoms with Crippen LogP contribution in [0.15, 0.2) is 65.7 Å². The molecule has 4 heterocycles. The Morgan fingerprint density at radius 2 is 1.97 bits per heavy atom. The van der Waals surface area contributed by atoms with Gasteiger partial charge in [-0.25, -0.2) is 0 Å². The van der Waals surface area contributed by atoms with E-state index in [1.807, 2.05) is 30.3 Å². The number of hydrogen-bond acceptors (Lipinski definition) is 5. The first kappa shape index (κ1) is 23.3. The van der Waals surface area contributed by atoms with Crippen molar-refractivity contribution in [1.29, 1.82) is 0 Å². The number of aliphatic hydroxyl groups is 1. The fraction of sp³-hybridized carbons (Fsp3) is 0.308. The van der Waals surface area contributed by atoms with Crippen LogP contribution in [-0.2, 0) is 22.7 Å². The first-order chi connectivity index (χ1) is 16.9.